The number of nitrogens with zero attached hydrogens (tertiary/aromatic N) is 2. The minimum Gasteiger partial charge on any atom is -0.493 e. The summed E-state index contributed by atoms with van der Waals surface area (Å²) < 4.78 is 11.5. The third-order valence-corrected chi connectivity index (χ3v) is 4.67. The van der Waals surface area contributed by atoms with Crippen molar-refractivity contribution in [3.63, 3.8) is 0 Å². The highest BCUT2D eigenvalue weighted by Gasteiger charge is 2.14. The lowest BCUT2D eigenvalue weighted by Crippen LogP contribution is -2.46. The molecular formula is C20H33ClN2O2. The zero-order chi connectivity index (χ0) is 17.2. The highest BCUT2D eigenvalue weighted by atomic mass is 35.5. The van der Waals surface area contributed by atoms with Gasteiger partial charge < -0.3 is 19.3 Å². The van der Waals surface area contributed by atoms with Crippen molar-refractivity contribution in [1.82, 2.24) is 9.80 Å². The Morgan fingerprint density at radius 2 is 1.84 bits per heavy atom. The maximum atomic E-state index is 6.04. The molecule has 4 nitrogen and oxygen atoms in total. The first-order valence-electron chi connectivity index (χ1n) is 9.12. The van der Waals surface area contributed by atoms with Gasteiger partial charge in [0.05, 0.1) is 13.7 Å². The number of ether oxygens (including phenoxy) is 2. The minimum absolute atomic E-state index is 0. The largest absolute Gasteiger partial charge is 0.493 e. The highest BCUT2D eigenvalue weighted by Crippen LogP contribution is 2.31. The molecule has 0 saturated carbocycles. The Bertz CT molecular complexity index is 502. The molecule has 0 radical (unpaired) electrons. The summed E-state index contributed by atoms with van der Waals surface area (Å²) in [6.07, 6.45) is 4.95. The van der Waals surface area contributed by atoms with Crippen LogP contribution < -0.4 is 9.47 Å². The molecule has 1 aliphatic heterocycles. The number of likely N-dealkylation sites (N-methyl/N-ethyl adjacent to an activating group) is 1. The molecule has 0 N–H and O–H groups in total. The molecule has 5 heteroatoms. The van der Waals surface area contributed by atoms with Crippen LogP contribution in [0.3, 0.4) is 0 Å². The van der Waals surface area contributed by atoms with E-state index in [0.717, 1.165) is 36.5 Å². The van der Waals surface area contributed by atoms with Gasteiger partial charge in [0.1, 0.15) is 0 Å². The zero-order valence-corrected chi connectivity index (χ0v) is 16.5. The van der Waals surface area contributed by atoms with E-state index in [0.29, 0.717) is 0 Å². The van der Waals surface area contributed by atoms with Gasteiger partial charge in [-0.2, -0.15) is 0 Å². The van der Waals surface area contributed by atoms with Crippen molar-refractivity contribution in [2.45, 2.75) is 26.2 Å². The van der Waals surface area contributed by atoms with Crippen LogP contribution in [-0.4, -0.2) is 62.8 Å². The van der Waals surface area contributed by atoms with Crippen molar-refractivity contribution in [2.75, 3.05) is 53.0 Å². The molecule has 142 valence electrons. The molecule has 1 aromatic rings. The van der Waals surface area contributed by atoms with E-state index in [1.165, 1.54) is 45.7 Å². The lowest BCUT2D eigenvalue weighted by Gasteiger charge is -2.33. The third-order valence-electron chi connectivity index (χ3n) is 4.67. The van der Waals surface area contributed by atoms with Crippen LogP contribution >= 0.6 is 12.4 Å². The molecule has 2 rings (SSSR count). The van der Waals surface area contributed by atoms with E-state index in [9.17, 15) is 0 Å². The second-order valence-corrected chi connectivity index (χ2v) is 6.27. The summed E-state index contributed by atoms with van der Waals surface area (Å²) in [7, 11) is 1.69. The van der Waals surface area contributed by atoms with Crippen molar-refractivity contribution in [1.29, 1.82) is 0 Å². The summed E-state index contributed by atoms with van der Waals surface area (Å²) in [5.41, 5.74) is 1.14. The number of methoxy groups -OCH3 is 1. The number of para-hydroxylation sites is 1. The highest BCUT2D eigenvalue weighted by molar-refractivity contribution is 5.85. The van der Waals surface area contributed by atoms with Gasteiger partial charge in [-0.05, 0) is 38.4 Å². The van der Waals surface area contributed by atoms with Crippen molar-refractivity contribution in [3.8, 4) is 11.5 Å². The molecule has 0 bridgehead atoms. The number of allylic oxidation sites excluding steroid dienone is 1. The molecule has 1 aromatic carbocycles. The zero-order valence-electron chi connectivity index (χ0n) is 15.7. The number of hydrogen-bond acceptors (Lipinski definition) is 4. The average molecular weight is 369 g/mol. The number of unbranched alkanes of at least 4 members (excludes halogenated alkanes) is 1. The van der Waals surface area contributed by atoms with Crippen LogP contribution in [0.1, 0.15) is 25.3 Å². The van der Waals surface area contributed by atoms with Gasteiger partial charge in [-0.15, -0.1) is 19.0 Å². The van der Waals surface area contributed by atoms with Gasteiger partial charge in [0.25, 0.3) is 0 Å². The number of halogens is 1. The fourth-order valence-corrected chi connectivity index (χ4v) is 3.14. The van der Waals surface area contributed by atoms with Crippen LogP contribution in [-0.2, 0) is 6.42 Å². The van der Waals surface area contributed by atoms with Gasteiger partial charge in [-0.3, -0.25) is 0 Å². The molecule has 0 amide bonds. The van der Waals surface area contributed by atoms with Crippen molar-refractivity contribution >= 4 is 12.4 Å². The standard InChI is InChI=1S/C20H32N2O2.ClH/c1-4-9-18-10-8-11-19(23-3)20(18)24-17-7-6-12-22-15-13-21(5-2)14-16-22;/h4,8,10-11H,1,5-7,9,12-17H2,2-3H3;1H. The maximum Gasteiger partial charge on any atom is 0.164 e. The molecule has 0 aromatic heterocycles. The molecule has 1 saturated heterocycles. The van der Waals surface area contributed by atoms with Crippen molar-refractivity contribution in [3.05, 3.63) is 36.4 Å². The van der Waals surface area contributed by atoms with Gasteiger partial charge in [0, 0.05) is 31.7 Å². The topological polar surface area (TPSA) is 24.9 Å². The quantitative estimate of drug-likeness (QED) is 0.465. The van der Waals surface area contributed by atoms with E-state index in [1.54, 1.807) is 7.11 Å². The summed E-state index contributed by atoms with van der Waals surface area (Å²) in [5.74, 6) is 1.68. The van der Waals surface area contributed by atoms with Crippen LogP contribution in [0.2, 0.25) is 0 Å². The van der Waals surface area contributed by atoms with Gasteiger partial charge in [0.2, 0.25) is 0 Å². The first-order valence-corrected chi connectivity index (χ1v) is 9.12. The van der Waals surface area contributed by atoms with Gasteiger partial charge >= 0.3 is 0 Å². The Labute approximate surface area is 159 Å². The predicted octanol–water partition coefficient (Wildman–Crippen LogP) is 3.64. The molecule has 25 heavy (non-hydrogen) atoms. The lowest BCUT2D eigenvalue weighted by atomic mass is 10.1. The monoisotopic (exact) mass is 368 g/mol. The summed E-state index contributed by atoms with van der Waals surface area (Å²) in [4.78, 5) is 5.08. The lowest BCUT2D eigenvalue weighted by molar-refractivity contribution is 0.134. The van der Waals surface area contributed by atoms with E-state index in [4.69, 9.17) is 9.47 Å². The summed E-state index contributed by atoms with van der Waals surface area (Å²) in [5, 5.41) is 0. The van der Waals surface area contributed by atoms with Gasteiger partial charge in [0.15, 0.2) is 11.5 Å². The SMILES string of the molecule is C=CCc1cccc(OC)c1OCCCCN1CCN(CC)CC1.Cl. The Morgan fingerprint density at radius 3 is 2.48 bits per heavy atom. The summed E-state index contributed by atoms with van der Waals surface area (Å²) in [6.45, 7) is 14.0. The Hall–Kier alpha value is -1.23. The maximum absolute atomic E-state index is 6.04. The molecule has 0 spiro atoms. The fraction of sp³-hybridized carbons (Fsp3) is 0.600. The van der Waals surface area contributed by atoms with Crippen molar-refractivity contribution < 1.29 is 9.47 Å². The second kappa shape index (κ2) is 12.2. The number of hydrogen-bond donors (Lipinski definition) is 0. The average Bonchev–Trinajstić information content (AvgIpc) is 2.63. The number of rotatable bonds is 10. The fourth-order valence-electron chi connectivity index (χ4n) is 3.14. The Morgan fingerprint density at radius 1 is 1.12 bits per heavy atom. The summed E-state index contributed by atoms with van der Waals surface area (Å²) >= 11 is 0. The molecule has 1 aliphatic rings. The molecule has 0 unspecified atom stereocenters. The Kier molecular flexibility index (Phi) is 10.6. The third kappa shape index (κ3) is 6.89. The minimum atomic E-state index is 0. The van der Waals surface area contributed by atoms with Gasteiger partial charge in [-0.1, -0.05) is 25.1 Å². The van der Waals surface area contributed by atoms with Crippen molar-refractivity contribution in [2.24, 2.45) is 0 Å². The Balaban J connectivity index is 0.00000312. The van der Waals surface area contributed by atoms with Crippen LogP contribution in [0.15, 0.2) is 30.9 Å². The normalized spacial score (nSPS) is 15.4. The van der Waals surface area contributed by atoms with E-state index >= 15 is 0 Å². The van der Waals surface area contributed by atoms with Crippen LogP contribution in [0.5, 0.6) is 11.5 Å². The molecular weight excluding hydrogens is 336 g/mol. The van der Waals surface area contributed by atoms with Crippen LogP contribution in [0.4, 0.5) is 0 Å². The second-order valence-electron chi connectivity index (χ2n) is 6.27. The number of benzene rings is 1. The molecule has 1 fully saturated rings. The molecule has 0 aliphatic carbocycles. The van der Waals surface area contributed by atoms with E-state index in [-0.39, 0.29) is 12.4 Å². The van der Waals surface area contributed by atoms with Crippen LogP contribution in [0, 0.1) is 0 Å². The molecule has 1 heterocycles. The molecule has 0 atom stereocenters. The number of piperazine rings is 1. The van der Waals surface area contributed by atoms with Crippen LogP contribution in [0.25, 0.3) is 0 Å². The first kappa shape index (κ1) is 21.8. The van der Waals surface area contributed by atoms with E-state index < -0.39 is 0 Å². The van der Waals surface area contributed by atoms with E-state index in [1.807, 2.05) is 18.2 Å². The summed E-state index contributed by atoms with van der Waals surface area (Å²) in [6, 6.07) is 6.03. The van der Waals surface area contributed by atoms with E-state index in [2.05, 4.69) is 29.4 Å². The predicted molar refractivity (Wildman–Crippen MR) is 107 cm³/mol. The first-order chi connectivity index (χ1) is 11.8. The van der Waals surface area contributed by atoms with Gasteiger partial charge in [-0.25, -0.2) is 0 Å². The smallest absolute Gasteiger partial charge is 0.164 e.